The van der Waals surface area contributed by atoms with Gasteiger partial charge in [0, 0.05) is 11.5 Å². The van der Waals surface area contributed by atoms with Crippen molar-refractivity contribution in [3.05, 3.63) is 47.0 Å². The molecule has 8 nitrogen and oxygen atoms in total. The molecule has 0 unspecified atom stereocenters. The van der Waals surface area contributed by atoms with Gasteiger partial charge < -0.3 is 18.9 Å². The van der Waals surface area contributed by atoms with Crippen LogP contribution >= 0.6 is 12.2 Å². The van der Waals surface area contributed by atoms with Crippen molar-refractivity contribution >= 4 is 28.8 Å². The number of benzene rings is 2. The van der Waals surface area contributed by atoms with Crippen molar-refractivity contribution in [3.8, 4) is 23.0 Å². The Kier molecular flexibility index (Phi) is 4.98. The maximum absolute atomic E-state index is 6.05. The lowest BCUT2D eigenvalue weighted by atomic mass is 10.2. The van der Waals surface area contributed by atoms with Crippen LogP contribution in [0.3, 0.4) is 0 Å². The molecule has 0 radical (unpaired) electrons. The molecule has 1 N–H and O–H groups in total. The van der Waals surface area contributed by atoms with Gasteiger partial charge in [0.05, 0.1) is 26.8 Å². The van der Waals surface area contributed by atoms with Crippen molar-refractivity contribution in [1.82, 2.24) is 19.6 Å². The maximum atomic E-state index is 6.05. The number of aromatic amines is 1. The predicted octanol–water partition coefficient (Wildman–Crippen LogP) is 4.11. The summed E-state index contributed by atoms with van der Waals surface area (Å²) in [6.07, 6.45) is -0.379. The molecule has 0 aliphatic heterocycles. The number of nitrogens with zero attached hydrogens (tertiary/aromatic N) is 3. The van der Waals surface area contributed by atoms with E-state index >= 15 is 0 Å². The van der Waals surface area contributed by atoms with Crippen LogP contribution in [-0.2, 0) is 0 Å². The highest BCUT2D eigenvalue weighted by Gasteiger charge is 2.18. The largest absolute Gasteiger partial charge is 0.493 e. The average Bonchev–Trinajstić information content (AvgIpc) is 3.20. The molecule has 0 fully saturated rings. The minimum Gasteiger partial charge on any atom is -0.493 e. The monoisotopic (exact) mass is 412 g/mol. The van der Waals surface area contributed by atoms with E-state index in [4.69, 9.17) is 36.1 Å². The van der Waals surface area contributed by atoms with Crippen LogP contribution < -0.4 is 18.9 Å². The SMILES string of the molecule is COc1cc2nc(=S)n3[nH]c([C@@H](C)Oc4ccccc4OC)nc3c2cc1OC. The number of rotatable bonds is 6. The van der Waals surface area contributed by atoms with Crippen molar-refractivity contribution in [3.63, 3.8) is 0 Å². The van der Waals surface area contributed by atoms with Crippen LogP contribution in [0.25, 0.3) is 16.6 Å². The minimum atomic E-state index is -0.379. The fourth-order valence-electron chi connectivity index (χ4n) is 3.11. The van der Waals surface area contributed by atoms with Crippen molar-refractivity contribution in [2.24, 2.45) is 0 Å². The number of para-hydroxylation sites is 2. The van der Waals surface area contributed by atoms with Crippen LogP contribution in [0.2, 0.25) is 0 Å². The van der Waals surface area contributed by atoms with Crippen molar-refractivity contribution in [1.29, 1.82) is 0 Å². The molecule has 0 saturated heterocycles. The predicted molar refractivity (Wildman–Crippen MR) is 111 cm³/mol. The standard InChI is InChI=1S/C20H20N4O4S/c1-11(28-15-8-6-5-7-14(15)25-2)18-22-19-12-9-16(26-3)17(27-4)10-13(12)21-20(29)24(19)23-18/h5-11H,1-4H3,(H,22,23)/t11-/m1/s1. The Labute approximate surface area is 172 Å². The lowest BCUT2D eigenvalue weighted by molar-refractivity contribution is 0.206. The first kappa shape index (κ1) is 19.0. The zero-order valence-electron chi connectivity index (χ0n) is 16.4. The lowest BCUT2D eigenvalue weighted by Gasteiger charge is -2.14. The quantitative estimate of drug-likeness (QED) is 0.477. The molecule has 0 aliphatic rings. The van der Waals surface area contributed by atoms with Gasteiger partial charge in [-0.3, -0.25) is 5.10 Å². The molecule has 0 saturated carbocycles. The normalized spacial score (nSPS) is 12.1. The van der Waals surface area contributed by atoms with E-state index in [0.717, 1.165) is 5.39 Å². The van der Waals surface area contributed by atoms with Crippen molar-refractivity contribution < 1.29 is 18.9 Å². The highest BCUT2D eigenvalue weighted by atomic mass is 32.1. The summed E-state index contributed by atoms with van der Waals surface area (Å²) in [4.78, 5) is 9.20. The first-order valence-electron chi connectivity index (χ1n) is 8.89. The summed E-state index contributed by atoms with van der Waals surface area (Å²) in [5, 5.41) is 3.96. The number of hydrogen-bond donors (Lipinski definition) is 1. The van der Waals surface area contributed by atoms with E-state index < -0.39 is 0 Å². The number of aromatic nitrogens is 4. The molecule has 0 bridgehead atoms. The smallest absolute Gasteiger partial charge is 0.221 e. The molecule has 9 heteroatoms. The van der Waals surface area contributed by atoms with Crippen LogP contribution in [0.1, 0.15) is 18.9 Å². The number of fused-ring (bicyclic) bond motifs is 3. The molecular formula is C20H20N4O4S. The van der Waals surface area contributed by atoms with E-state index in [9.17, 15) is 0 Å². The van der Waals surface area contributed by atoms with Gasteiger partial charge in [-0.1, -0.05) is 12.1 Å². The molecule has 4 aromatic rings. The zero-order valence-corrected chi connectivity index (χ0v) is 17.2. The summed E-state index contributed by atoms with van der Waals surface area (Å²) >= 11 is 5.44. The Hall–Kier alpha value is -3.33. The molecule has 0 amide bonds. The molecule has 0 aliphatic carbocycles. The highest BCUT2D eigenvalue weighted by Crippen LogP contribution is 2.34. The number of H-pyrrole nitrogens is 1. The Morgan fingerprint density at radius 2 is 1.59 bits per heavy atom. The van der Waals surface area contributed by atoms with Gasteiger partial charge in [0.1, 0.15) is 0 Å². The van der Waals surface area contributed by atoms with E-state index in [0.29, 0.717) is 44.8 Å². The second-order valence-corrected chi connectivity index (χ2v) is 6.66. The minimum absolute atomic E-state index is 0.350. The Morgan fingerprint density at radius 1 is 0.931 bits per heavy atom. The summed E-state index contributed by atoms with van der Waals surface area (Å²) in [6.45, 7) is 1.90. The number of hydrogen-bond acceptors (Lipinski definition) is 7. The van der Waals surface area contributed by atoms with Crippen LogP contribution in [0, 0.1) is 4.77 Å². The fourth-order valence-corrected chi connectivity index (χ4v) is 3.34. The molecule has 2 aromatic carbocycles. The first-order chi connectivity index (χ1) is 14.0. The summed E-state index contributed by atoms with van der Waals surface area (Å²) in [5.74, 6) is 3.04. The molecule has 150 valence electrons. The summed E-state index contributed by atoms with van der Waals surface area (Å²) in [5.41, 5.74) is 1.30. The summed E-state index contributed by atoms with van der Waals surface area (Å²) in [7, 11) is 4.77. The van der Waals surface area contributed by atoms with Gasteiger partial charge >= 0.3 is 0 Å². The van der Waals surface area contributed by atoms with Gasteiger partial charge in [0.2, 0.25) is 4.77 Å². The van der Waals surface area contributed by atoms with Crippen molar-refractivity contribution in [2.75, 3.05) is 21.3 Å². The highest BCUT2D eigenvalue weighted by molar-refractivity contribution is 7.71. The van der Waals surface area contributed by atoms with E-state index in [2.05, 4.69) is 10.1 Å². The fraction of sp³-hybridized carbons (Fsp3) is 0.250. The first-order valence-corrected chi connectivity index (χ1v) is 9.30. The summed E-state index contributed by atoms with van der Waals surface area (Å²) < 4.78 is 24.2. The second-order valence-electron chi connectivity index (χ2n) is 6.30. The Bertz CT molecular complexity index is 1250. The van der Waals surface area contributed by atoms with Crippen LogP contribution in [0.15, 0.2) is 36.4 Å². The Balaban J connectivity index is 1.81. The Morgan fingerprint density at radius 3 is 2.28 bits per heavy atom. The van der Waals surface area contributed by atoms with Gasteiger partial charge in [0.25, 0.3) is 0 Å². The molecule has 4 rings (SSSR count). The molecule has 1 atom stereocenters. The average molecular weight is 412 g/mol. The van der Waals surface area contributed by atoms with Crippen LogP contribution in [-0.4, -0.2) is 40.9 Å². The lowest BCUT2D eigenvalue weighted by Crippen LogP contribution is -2.06. The topological polar surface area (TPSA) is 82.9 Å². The van der Waals surface area contributed by atoms with E-state index in [1.807, 2.05) is 37.3 Å². The third-order valence-electron chi connectivity index (χ3n) is 4.57. The van der Waals surface area contributed by atoms with E-state index in [1.54, 1.807) is 31.9 Å². The van der Waals surface area contributed by atoms with Crippen LogP contribution in [0.4, 0.5) is 0 Å². The number of nitrogens with one attached hydrogen (secondary N) is 1. The summed E-state index contributed by atoms with van der Waals surface area (Å²) in [6, 6.07) is 11.1. The van der Waals surface area contributed by atoms with E-state index in [1.165, 1.54) is 0 Å². The zero-order chi connectivity index (χ0) is 20.5. The van der Waals surface area contributed by atoms with Crippen molar-refractivity contribution in [2.45, 2.75) is 13.0 Å². The second kappa shape index (κ2) is 7.59. The van der Waals surface area contributed by atoms with Crippen LogP contribution in [0.5, 0.6) is 23.0 Å². The van der Waals surface area contributed by atoms with Gasteiger partial charge in [-0.25, -0.2) is 14.5 Å². The molecule has 2 aromatic heterocycles. The molecule has 0 spiro atoms. The molecular weight excluding hydrogens is 392 g/mol. The van der Waals surface area contributed by atoms with Gasteiger partial charge in [-0.2, -0.15) is 0 Å². The van der Waals surface area contributed by atoms with Gasteiger partial charge in [-0.15, -0.1) is 0 Å². The molecule has 29 heavy (non-hydrogen) atoms. The van der Waals surface area contributed by atoms with Gasteiger partial charge in [-0.05, 0) is 37.3 Å². The number of ether oxygens (including phenoxy) is 4. The maximum Gasteiger partial charge on any atom is 0.221 e. The van der Waals surface area contributed by atoms with Gasteiger partial charge in [0.15, 0.2) is 40.6 Å². The number of methoxy groups -OCH3 is 3. The third kappa shape index (κ3) is 3.33. The third-order valence-corrected chi connectivity index (χ3v) is 4.85. The van der Waals surface area contributed by atoms with E-state index in [-0.39, 0.29) is 6.10 Å². The molecule has 2 heterocycles.